The average molecular weight is 389 g/mol. The lowest BCUT2D eigenvalue weighted by atomic mass is 10.3. The van der Waals surface area contributed by atoms with Gasteiger partial charge in [0.25, 0.3) is 5.91 Å². The molecular weight excluding hydrogens is 375 g/mol. The minimum Gasteiger partial charge on any atom is -0.484 e. The Kier molecular flexibility index (Phi) is 5.88. The molecule has 0 unspecified atom stereocenters. The van der Waals surface area contributed by atoms with Crippen LogP contribution in [0.5, 0.6) is 5.75 Å². The number of hydrogen-bond donors (Lipinski definition) is 2. The van der Waals surface area contributed by atoms with Crippen LogP contribution in [0.15, 0.2) is 60.7 Å². The van der Waals surface area contributed by atoms with Crippen molar-refractivity contribution in [3.05, 3.63) is 70.7 Å². The number of rotatable bonds is 6. The van der Waals surface area contributed by atoms with Gasteiger partial charge in [-0.25, -0.2) is 0 Å². The zero-order valence-corrected chi connectivity index (χ0v) is 15.0. The van der Waals surface area contributed by atoms with E-state index in [1.165, 1.54) is 0 Å². The normalized spacial score (nSPS) is 10.2. The lowest BCUT2D eigenvalue weighted by Crippen LogP contribution is -2.21. The largest absolute Gasteiger partial charge is 0.484 e. The van der Waals surface area contributed by atoms with Crippen LogP contribution in [0.2, 0.25) is 10.0 Å². The van der Waals surface area contributed by atoms with Crippen molar-refractivity contribution in [1.82, 2.24) is 10.2 Å². The lowest BCUT2D eigenvalue weighted by molar-refractivity contribution is -0.118. The fourth-order valence-corrected chi connectivity index (χ4v) is 2.33. The Morgan fingerprint density at radius 3 is 2.35 bits per heavy atom. The van der Waals surface area contributed by atoms with Crippen LogP contribution in [0.1, 0.15) is 0 Å². The minimum absolute atomic E-state index is 0.116. The van der Waals surface area contributed by atoms with E-state index < -0.39 is 0 Å². The first kappa shape index (κ1) is 18.0. The molecule has 8 heteroatoms. The number of amides is 1. The second kappa shape index (κ2) is 8.51. The quantitative estimate of drug-likeness (QED) is 0.647. The molecule has 132 valence electrons. The SMILES string of the molecule is O=C(COc1ccccc1)Nc1ccc(Nc2ccc(Cl)c(Cl)c2)nn1. The number of carbonyl (C=O) groups is 1. The van der Waals surface area contributed by atoms with Gasteiger partial charge in [0.05, 0.1) is 10.0 Å². The van der Waals surface area contributed by atoms with Crippen LogP contribution in [-0.4, -0.2) is 22.7 Å². The summed E-state index contributed by atoms with van der Waals surface area (Å²) in [6, 6.07) is 17.5. The Labute approximate surface area is 160 Å². The van der Waals surface area contributed by atoms with E-state index >= 15 is 0 Å². The van der Waals surface area contributed by atoms with E-state index in [2.05, 4.69) is 20.8 Å². The van der Waals surface area contributed by atoms with Crippen molar-refractivity contribution in [3.8, 4) is 5.75 Å². The van der Waals surface area contributed by atoms with Crippen LogP contribution in [0.3, 0.4) is 0 Å². The summed E-state index contributed by atoms with van der Waals surface area (Å²) >= 11 is 11.8. The van der Waals surface area contributed by atoms with Crippen molar-refractivity contribution >= 4 is 46.4 Å². The van der Waals surface area contributed by atoms with Gasteiger partial charge in [0, 0.05) is 5.69 Å². The van der Waals surface area contributed by atoms with E-state index in [4.69, 9.17) is 27.9 Å². The van der Waals surface area contributed by atoms with Gasteiger partial charge >= 0.3 is 0 Å². The van der Waals surface area contributed by atoms with Crippen LogP contribution in [0.25, 0.3) is 0 Å². The summed E-state index contributed by atoms with van der Waals surface area (Å²) in [6.45, 7) is -0.116. The number of ether oxygens (including phenoxy) is 1. The molecule has 3 aromatic rings. The van der Waals surface area contributed by atoms with Crippen LogP contribution in [0.4, 0.5) is 17.3 Å². The second-order valence-corrected chi connectivity index (χ2v) is 6.02. The van der Waals surface area contributed by atoms with Gasteiger partial charge in [-0.2, -0.15) is 0 Å². The summed E-state index contributed by atoms with van der Waals surface area (Å²) < 4.78 is 5.37. The summed E-state index contributed by atoms with van der Waals surface area (Å²) in [4.78, 5) is 11.9. The molecule has 1 heterocycles. The maximum Gasteiger partial charge on any atom is 0.263 e. The second-order valence-electron chi connectivity index (χ2n) is 5.21. The molecule has 0 spiro atoms. The predicted octanol–water partition coefficient (Wildman–Crippen LogP) is 4.54. The summed E-state index contributed by atoms with van der Waals surface area (Å²) in [6.07, 6.45) is 0. The first-order valence-corrected chi connectivity index (χ1v) is 8.39. The van der Waals surface area contributed by atoms with E-state index in [0.29, 0.717) is 27.4 Å². The molecule has 2 aromatic carbocycles. The number of para-hydroxylation sites is 1. The first-order chi connectivity index (χ1) is 12.6. The van der Waals surface area contributed by atoms with Crippen molar-refractivity contribution < 1.29 is 9.53 Å². The highest BCUT2D eigenvalue weighted by Gasteiger charge is 2.06. The van der Waals surface area contributed by atoms with Crippen molar-refractivity contribution in [1.29, 1.82) is 0 Å². The summed E-state index contributed by atoms with van der Waals surface area (Å²) in [5.74, 6) is 1.12. The lowest BCUT2D eigenvalue weighted by Gasteiger charge is -2.08. The molecule has 0 aliphatic heterocycles. The standard InChI is InChI=1S/C18H14Cl2N4O2/c19-14-7-6-12(10-15(14)20)21-16-8-9-17(24-23-16)22-18(25)11-26-13-4-2-1-3-5-13/h1-10H,11H2,(H,21,23)(H,22,24,25). The molecule has 2 N–H and O–H groups in total. The molecule has 0 saturated heterocycles. The monoisotopic (exact) mass is 388 g/mol. The highest BCUT2D eigenvalue weighted by Crippen LogP contribution is 2.26. The van der Waals surface area contributed by atoms with Gasteiger partial charge in [0.1, 0.15) is 5.75 Å². The van der Waals surface area contributed by atoms with Crippen molar-refractivity contribution in [2.75, 3.05) is 17.2 Å². The van der Waals surface area contributed by atoms with Gasteiger partial charge in [-0.1, -0.05) is 41.4 Å². The molecule has 0 bridgehead atoms. The van der Waals surface area contributed by atoms with Crippen LogP contribution in [0, 0.1) is 0 Å². The maximum atomic E-state index is 11.9. The van der Waals surface area contributed by atoms with Gasteiger partial charge in [0.15, 0.2) is 18.2 Å². The van der Waals surface area contributed by atoms with E-state index in [1.54, 1.807) is 42.5 Å². The summed E-state index contributed by atoms with van der Waals surface area (Å²) in [5.41, 5.74) is 0.724. The van der Waals surface area contributed by atoms with Crippen molar-refractivity contribution in [2.45, 2.75) is 0 Å². The molecule has 6 nitrogen and oxygen atoms in total. The van der Waals surface area contributed by atoms with Gasteiger partial charge in [0.2, 0.25) is 0 Å². The molecule has 1 amide bonds. The van der Waals surface area contributed by atoms with Crippen molar-refractivity contribution in [2.24, 2.45) is 0 Å². The number of anilines is 3. The van der Waals surface area contributed by atoms with E-state index in [-0.39, 0.29) is 12.5 Å². The molecule has 0 saturated carbocycles. The Hall–Kier alpha value is -2.83. The van der Waals surface area contributed by atoms with Crippen LogP contribution >= 0.6 is 23.2 Å². The molecule has 0 fully saturated rings. The molecule has 0 radical (unpaired) electrons. The fraction of sp³-hybridized carbons (Fsp3) is 0.0556. The van der Waals surface area contributed by atoms with E-state index in [1.807, 2.05) is 18.2 Å². The molecule has 3 rings (SSSR count). The van der Waals surface area contributed by atoms with Crippen LogP contribution < -0.4 is 15.4 Å². The molecule has 0 aliphatic rings. The van der Waals surface area contributed by atoms with E-state index in [9.17, 15) is 4.79 Å². The highest BCUT2D eigenvalue weighted by molar-refractivity contribution is 6.42. The maximum absolute atomic E-state index is 11.9. The molecule has 1 aromatic heterocycles. The summed E-state index contributed by atoms with van der Waals surface area (Å²) in [5, 5.41) is 14.5. The third kappa shape index (κ3) is 5.08. The molecule has 0 atom stereocenters. The smallest absolute Gasteiger partial charge is 0.263 e. The zero-order chi connectivity index (χ0) is 18.4. The number of nitrogens with zero attached hydrogens (tertiary/aromatic N) is 2. The average Bonchev–Trinajstić information content (AvgIpc) is 2.65. The fourth-order valence-electron chi connectivity index (χ4n) is 2.03. The molecule has 26 heavy (non-hydrogen) atoms. The Morgan fingerprint density at radius 1 is 0.923 bits per heavy atom. The number of hydrogen-bond acceptors (Lipinski definition) is 5. The Balaban J connectivity index is 1.53. The number of aromatic nitrogens is 2. The Morgan fingerprint density at radius 2 is 1.65 bits per heavy atom. The summed E-state index contributed by atoms with van der Waals surface area (Å²) in [7, 11) is 0. The number of benzene rings is 2. The first-order valence-electron chi connectivity index (χ1n) is 7.64. The number of nitrogens with one attached hydrogen (secondary N) is 2. The number of halogens is 2. The van der Waals surface area contributed by atoms with Crippen molar-refractivity contribution in [3.63, 3.8) is 0 Å². The zero-order valence-electron chi connectivity index (χ0n) is 13.4. The third-order valence-corrected chi connectivity index (χ3v) is 3.98. The molecule has 0 aliphatic carbocycles. The van der Waals surface area contributed by atoms with Crippen LogP contribution in [-0.2, 0) is 4.79 Å². The highest BCUT2D eigenvalue weighted by atomic mass is 35.5. The molecular formula is C18H14Cl2N4O2. The third-order valence-electron chi connectivity index (χ3n) is 3.24. The minimum atomic E-state index is -0.326. The van der Waals surface area contributed by atoms with Gasteiger partial charge in [-0.15, -0.1) is 10.2 Å². The Bertz CT molecular complexity index is 889. The topological polar surface area (TPSA) is 76.1 Å². The van der Waals surface area contributed by atoms with Gasteiger partial charge < -0.3 is 15.4 Å². The predicted molar refractivity (Wildman–Crippen MR) is 102 cm³/mol. The number of carbonyl (C=O) groups excluding carboxylic acids is 1. The van der Waals surface area contributed by atoms with Gasteiger partial charge in [-0.3, -0.25) is 4.79 Å². The van der Waals surface area contributed by atoms with E-state index in [0.717, 1.165) is 5.69 Å². The van der Waals surface area contributed by atoms with Gasteiger partial charge in [-0.05, 0) is 42.5 Å².